The average molecular weight is 365 g/mol. The molecule has 2 fully saturated rings. The Bertz CT molecular complexity index is 609. The fourth-order valence-corrected chi connectivity index (χ4v) is 5.05. The molecule has 3 aliphatic rings. The van der Waals surface area contributed by atoms with E-state index in [0.29, 0.717) is 24.5 Å². The van der Waals surface area contributed by atoms with Gasteiger partial charge in [0.1, 0.15) is 5.75 Å². The number of amides is 1. The molecule has 0 radical (unpaired) electrons. The van der Waals surface area contributed by atoms with Crippen molar-refractivity contribution in [1.82, 2.24) is 5.32 Å². The Morgan fingerprint density at radius 2 is 1.92 bits per heavy atom. The molecule has 4 unspecified atom stereocenters. The lowest BCUT2D eigenvalue weighted by Crippen LogP contribution is -2.50. The van der Waals surface area contributed by atoms with Crippen LogP contribution in [0.1, 0.15) is 50.5 Å². The molecule has 5 heteroatoms. The second-order valence-electron chi connectivity index (χ2n) is 7.95. The van der Waals surface area contributed by atoms with Crippen molar-refractivity contribution in [2.75, 3.05) is 6.61 Å². The second-order valence-corrected chi connectivity index (χ2v) is 7.95. The molecule has 138 valence electrons. The zero-order chi connectivity index (χ0) is 16.7. The zero-order valence-corrected chi connectivity index (χ0v) is 15.6. The molecule has 2 saturated carbocycles. The summed E-state index contributed by atoms with van der Waals surface area (Å²) in [6, 6.07) is 8.56. The molecule has 1 aromatic carbocycles. The van der Waals surface area contributed by atoms with Gasteiger partial charge in [0, 0.05) is 29.5 Å². The summed E-state index contributed by atoms with van der Waals surface area (Å²) in [6.07, 6.45) is 5.60. The van der Waals surface area contributed by atoms with Crippen LogP contribution in [0.4, 0.5) is 0 Å². The SMILES string of the molecule is CC(NC(=O)C1CC2CCCC(C1)C2N)C1COc2ccccc21.Cl. The minimum Gasteiger partial charge on any atom is -0.493 e. The normalized spacial score (nSPS) is 34.2. The van der Waals surface area contributed by atoms with Crippen LogP contribution in [0.25, 0.3) is 0 Å². The van der Waals surface area contributed by atoms with E-state index in [1.165, 1.54) is 24.8 Å². The minimum absolute atomic E-state index is 0. The predicted octanol–water partition coefficient (Wildman–Crippen LogP) is 3.24. The lowest BCUT2D eigenvalue weighted by Gasteiger charge is -2.43. The molecule has 1 aromatic rings. The van der Waals surface area contributed by atoms with Gasteiger partial charge in [-0.15, -0.1) is 12.4 Å². The second kappa shape index (κ2) is 7.55. The van der Waals surface area contributed by atoms with Crippen LogP contribution in [-0.2, 0) is 4.79 Å². The number of hydrogen-bond donors (Lipinski definition) is 2. The number of carbonyl (C=O) groups excluding carboxylic acids is 1. The Hall–Kier alpha value is -1.26. The van der Waals surface area contributed by atoms with Crippen molar-refractivity contribution in [3.63, 3.8) is 0 Å². The Morgan fingerprint density at radius 1 is 1.24 bits per heavy atom. The molecule has 0 saturated heterocycles. The largest absolute Gasteiger partial charge is 0.493 e. The highest BCUT2D eigenvalue weighted by Crippen LogP contribution is 2.42. The number of ether oxygens (including phenoxy) is 1. The summed E-state index contributed by atoms with van der Waals surface area (Å²) in [6.45, 7) is 2.75. The summed E-state index contributed by atoms with van der Waals surface area (Å²) in [5.41, 5.74) is 7.57. The highest BCUT2D eigenvalue weighted by Gasteiger charge is 2.41. The van der Waals surface area contributed by atoms with Crippen molar-refractivity contribution >= 4 is 18.3 Å². The van der Waals surface area contributed by atoms with Crippen LogP contribution >= 0.6 is 12.4 Å². The number of nitrogens with one attached hydrogen (secondary N) is 1. The number of benzene rings is 1. The maximum Gasteiger partial charge on any atom is 0.223 e. The maximum absolute atomic E-state index is 12.8. The van der Waals surface area contributed by atoms with E-state index in [4.69, 9.17) is 10.5 Å². The molecule has 0 aromatic heterocycles. The molecule has 1 aliphatic heterocycles. The van der Waals surface area contributed by atoms with Crippen molar-refractivity contribution < 1.29 is 9.53 Å². The van der Waals surface area contributed by atoms with Crippen LogP contribution < -0.4 is 15.8 Å². The third-order valence-electron chi connectivity index (χ3n) is 6.49. The molecule has 1 amide bonds. The Morgan fingerprint density at radius 3 is 2.64 bits per heavy atom. The number of carbonyl (C=O) groups is 1. The van der Waals surface area contributed by atoms with Gasteiger partial charge < -0.3 is 15.8 Å². The van der Waals surface area contributed by atoms with Gasteiger partial charge in [-0.05, 0) is 50.5 Å². The highest BCUT2D eigenvalue weighted by molar-refractivity contribution is 5.85. The fraction of sp³-hybridized carbons (Fsp3) is 0.650. The van der Waals surface area contributed by atoms with E-state index in [-0.39, 0.29) is 36.2 Å². The van der Waals surface area contributed by atoms with Crippen LogP contribution in [0.3, 0.4) is 0 Å². The quantitative estimate of drug-likeness (QED) is 0.865. The first-order chi connectivity index (χ1) is 11.6. The summed E-state index contributed by atoms with van der Waals surface area (Å²) in [5, 5.41) is 3.28. The van der Waals surface area contributed by atoms with Gasteiger partial charge in [0.2, 0.25) is 5.91 Å². The van der Waals surface area contributed by atoms with E-state index >= 15 is 0 Å². The summed E-state index contributed by atoms with van der Waals surface area (Å²) in [5.74, 6) is 2.64. The third-order valence-corrected chi connectivity index (χ3v) is 6.49. The first-order valence-electron chi connectivity index (χ1n) is 9.41. The number of halogens is 1. The standard InChI is InChI=1S/C20H28N2O2.ClH/c1-12(17-11-24-18-8-3-2-7-16(17)18)22-20(23)15-9-13-5-4-6-14(10-15)19(13)21;/h2-3,7-8,12-15,17,19H,4-6,9-11,21H2,1H3,(H,22,23);1H. The molecule has 2 bridgehead atoms. The van der Waals surface area contributed by atoms with Gasteiger partial charge in [-0.2, -0.15) is 0 Å². The van der Waals surface area contributed by atoms with Crippen LogP contribution in [0, 0.1) is 17.8 Å². The van der Waals surface area contributed by atoms with Gasteiger partial charge in [0.05, 0.1) is 6.61 Å². The van der Waals surface area contributed by atoms with Crippen molar-refractivity contribution in [1.29, 1.82) is 0 Å². The molecule has 2 aliphatic carbocycles. The van der Waals surface area contributed by atoms with E-state index in [1.807, 2.05) is 18.2 Å². The summed E-state index contributed by atoms with van der Waals surface area (Å²) < 4.78 is 5.77. The molecule has 4 rings (SSSR count). The highest BCUT2D eigenvalue weighted by atomic mass is 35.5. The summed E-state index contributed by atoms with van der Waals surface area (Å²) >= 11 is 0. The van der Waals surface area contributed by atoms with Crippen LogP contribution in [0.2, 0.25) is 0 Å². The van der Waals surface area contributed by atoms with E-state index in [1.54, 1.807) is 0 Å². The van der Waals surface area contributed by atoms with Crippen LogP contribution in [0.15, 0.2) is 24.3 Å². The number of fused-ring (bicyclic) bond motifs is 3. The van der Waals surface area contributed by atoms with E-state index in [2.05, 4.69) is 18.3 Å². The van der Waals surface area contributed by atoms with Gasteiger partial charge in [-0.3, -0.25) is 4.79 Å². The Labute approximate surface area is 156 Å². The molecular weight excluding hydrogens is 336 g/mol. The first kappa shape index (κ1) is 18.5. The molecular formula is C20H29ClN2O2. The van der Waals surface area contributed by atoms with Crippen molar-refractivity contribution in [3.05, 3.63) is 29.8 Å². The molecule has 1 heterocycles. The van der Waals surface area contributed by atoms with E-state index < -0.39 is 0 Å². The first-order valence-corrected chi connectivity index (χ1v) is 9.41. The lowest BCUT2D eigenvalue weighted by atomic mass is 9.65. The molecule has 4 atom stereocenters. The molecule has 25 heavy (non-hydrogen) atoms. The molecule has 0 spiro atoms. The van der Waals surface area contributed by atoms with Crippen LogP contribution in [-0.4, -0.2) is 24.6 Å². The van der Waals surface area contributed by atoms with Crippen molar-refractivity contribution in [3.8, 4) is 5.75 Å². The van der Waals surface area contributed by atoms with Gasteiger partial charge in [0.15, 0.2) is 0 Å². The zero-order valence-electron chi connectivity index (χ0n) is 14.8. The maximum atomic E-state index is 12.8. The minimum atomic E-state index is 0. The van der Waals surface area contributed by atoms with Crippen molar-refractivity contribution in [2.45, 2.75) is 57.0 Å². The van der Waals surface area contributed by atoms with E-state index in [0.717, 1.165) is 18.6 Å². The predicted molar refractivity (Wildman–Crippen MR) is 101 cm³/mol. The van der Waals surface area contributed by atoms with Crippen LogP contribution in [0.5, 0.6) is 5.75 Å². The topological polar surface area (TPSA) is 64.4 Å². The smallest absolute Gasteiger partial charge is 0.223 e. The Balaban J connectivity index is 0.00000182. The van der Waals surface area contributed by atoms with Gasteiger partial charge in [0.25, 0.3) is 0 Å². The fourth-order valence-electron chi connectivity index (χ4n) is 5.05. The summed E-state index contributed by atoms with van der Waals surface area (Å²) in [7, 11) is 0. The summed E-state index contributed by atoms with van der Waals surface area (Å²) in [4.78, 5) is 12.8. The average Bonchev–Trinajstić information content (AvgIpc) is 2.98. The number of nitrogens with two attached hydrogens (primary N) is 1. The Kier molecular flexibility index (Phi) is 5.59. The van der Waals surface area contributed by atoms with Gasteiger partial charge in [-0.1, -0.05) is 24.6 Å². The number of hydrogen-bond acceptors (Lipinski definition) is 3. The lowest BCUT2D eigenvalue weighted by molar-refractivity contribution is -0.128. The third kappa shape index (κ3) is 3.52. The van der Waals surface area contributed by atoms with Crippen molar-refractivity contribution in [2.24, 2.45) is 23.5 Å². The van der Waals surface area contributed by atoms with E-state index in [9.17, 15) is 4.79 Å². The monoisotopic (exact) mass is 364 g/mol. The number of para-hydroxylation sites is 1. The number of rotatable bonds is 3. The molecule has 4 nitrogen and oxygen atoms in total. The van der Waals surface area contributed by atoms with Gasteiger partial charge >= 0.3 is 0 Å². The molecule has 3 N–H and O–H groups in total. The van der Waals surface area contributed by atoms with Gasteiger partial charge in [-0.25, -0.2) is 0 Å².